The zero-order chi connectivity index (χ0) is 17.0. The second-order valence-corrected chi connectivity index (χ2v) is 5.14. The molecule has 122 valence electrons. The Labute approximate surface area is 132 Å². The van der Waals surface area contributed by atoms with Crippen LogP contribution in [-0.4, -0.2) is 12.0 Å². The molecule has 2 aromatic rings. The number of amides is 1. The molecule has 0 saturated heterocycles. The van der Waals surface area contributed by atoms with E-state index in [2.05, 4.69) is 5.32 Å². The third kappa shape index (κ3) is 4.74. The van der Waals surface area contributed by atoms with Crippen LogP contribution in [0.25, 0.3) is 0 Å². The van der Waals surface area contributed by atoms with Crippen LogP contribution in [0.1, 0.15) is 18.1 Å². The Balaban J connectivity index is 2.04. The van der Waals surface area contributed by atoms with Gasteiger partial charge in [0.25, 0.3) is 5.91 Å². The number of hydrogen-bond donors (Lipinski definition) is 1. The topological polar surface area (TPSA) is 38.3 Å². The molecule has 1 unspecified atom stereocenters. The van der Waals surface area contributed by atoms with Crippen molar-refractivity contribution >= 4 is 11.6 Å². The zero-order valence-electron chi connectivity index (χ0n) is 12.6. The van der Waals surface area contributed by atoms with Crippen LogP contribution >= 0.6 is 0 Å². The number of carbonyl (C=O) groups is 1. The molecule has 1 amide bonds. The Morgan fingerprint density at radius 2 is 1.83 bits per heavy atom. The minimum absolute atomic E-state index is 0.0736. The molecule has 0 aliphatic rings. The predicted molar refractivity (Wildman–Crippen MR) is 81.3 cm³/mol. The number of ether oxygens (including phenoxy) is 1. The Hall–Kier alpha value is -2.50. The first-order valence-corrected chi connectivity index (χ1v) is 6.97. The third-order valence-electron chi connectivity index (χ3n) is 3.13. The first-order chi connectivity index (χ1) is 10.8. The molecule has 0 heterocycles. The lowest BCUT2D eigenvalue weighted by Gasteiger charge is -2.16. The smallest absolute Gasteiger partial charge is 0.416 e. The highest BCUT2D eigenvalue weighted by atomic mass is 19.4. The van der Waals surface area contributed by atoms with E-state index in [0.717, 1.165) is 17.7 Å². The molecule has 0 aliphatic heterocycles. The Morgan fingerprint density at radius 1 is 1.13 bits per heavy atom. The van der Waals surface area contributed by atoms with Crippen molar-refractivity contribution in [3.05, 3.63) is 59.7 Å². The van der Waals surface area contributed by atoms with Crippen molar-refractivity contribution < 1.29 is 22.7 Å². The van der Waals surface area contributed by atoms with Crippen LogP contribution in [0.4, 0.5) is 18.9 Å². The number of halogens is 3. The summed E-state index contributed by atoms with van der Waals surface area (Å²) in [6, 6.07) is 11.6. The van der Waals surface area contributed by atoms with E-state index in [0.29, 0.717) is 5.75 Å². The second-order valence-electron chi connectivity index (χ2n) is 5.14. The number of carbonyl (C=O) groups excluding carboxylic acids is 1. The van der Waals surface area contributed by atoms with Crippen molar-refractivity contribution in [3.63, 3.8) is 0 Å². The van der Waals surface area contributed by atoms with Crippen LogP contribution < -0.4 is 10.1 Å². The maximum absolute atomic E-state index is 12.7. The first kappa shape index (κ1) is 16.9. The fraction of sp³-hybridized carbons (Fsp3) is 0.235. The van der Waals surface area contributed by atoms with E-state index in [-0.39, 0.29) is 5.69 Å². The number of nitrogens with one attached hydrogen (secondary N) is 1. The van der Waals surface area contributed by atoms with Gasteiger partial charge in [-0.05, 0) is 49.7 Å². The summed E-state index contributed by atoms with van der Waals surface area (Å²) < 4.78 is 43.4. The van der Waals surface area contributed by atoms with Crippen LogP contribution in [0.15, 0.2) is 48.5 Å². The van der Waals surface area contributed by atoms with Gasteiger partial charge in [0.05, 0.1) is 5.56 Å². The number of rotatable bonds is 4. The molecule has 1 atom stereocenters. The molecule has 0 spiro atoms. The molecule has 3 nitrogen and oxygen atoms in total. The lowest BCUT2D eigenvalue weighted by atomic mass is 10.2. The average molecular weight is 323 g/mol. The molecular weight excluding hydrogens is 307 g/mol. The molecule has 0 aromatic heterocycles. The van der Waals surface area contributed by atoms with E-state index in [9.17, 15) is 18.0 Å². The average Bonchev–Trinajstić information content (AvgIpc) is 2.46. The highest BCUT2D eigenvalue weighted by Crippen LogP contribution is 2.30. The van der Waals surface area contributed by atoms with E-state index in [1.165, 1.54) is 19.1 Å². The molecule has 6 heteroatoms. The predicted octanol–water partition coefficient (Wildman–Crippen LogP) is 4.42. The summed E-state index contributed by atoms with van der Waals surface area (Å²) >= 11 is 0. The van der Waals surface area contributed by atoms with E-state index < -0.39 is 23.8 Å². The maximum atomic E-state index is 12.7. The summed E-state index contributed by atoms with van der Waals surface area (Å²) in [6.07, 6.45) is -5.30. The van der Waals surface area contributed by atoms with E-state index in [1.54, 1.807) is 18.2 Å². The molecule has 0 aliphatic carbocycles. The molecule has 0 fully saturated rings. The Morgan fingerprint density at radius 3 is 2.48 bits per heavy atom. The van der Waals surface area contributed by atoms with Gasteiger partial charge >= 0.3 is 6.18 Å². The standard InChI is InChI=1S/C17H16F3NO2/c1-11-5-3-8-15(9-11)23-12(2)16(22)21-14-7-4-6-13(10-14)17(18,19)20/h3-10,12H,1-2H3,(H,21,22). The molecule has 0 radical (unpaired) electrons. The Kier molecular flexibility index (Phi) is 4.93. The van der Waals surface area contributed by atoms with Gasteiger partial charge in [0.2, 0.25) is 0 Å². The minimum Gasteiger partial charge on any atom is -0.481 e. The molecule has 2 aromatic carbocycles. The van der Waals surface area contributed by atoms with Crippen LogP contribution in [0.3, 0.4) is 0 Å². The van der Waals surface area contributed by atoms with E-state index in [1.807, 2.05) is 13.0 Å². The van der Waals surface area contributed by atoms with Crippen LogP contribution in [-0.2, 0) is 11.0 Å². The van der Waals surface area contributed by atoms with Gasteiger partial charge in [0, 0.05) is 5.69 Å². The lowest BCUT2D eigenvalue weighted by molar-refractivity contribution is -0.137. The summed E-state index contributed by atoms with van der Waals surface area (Å²) in [5, 5.41) is 2.43. The SMILES string of the molecule is Cc1cccc(OC(C)C(=O)Nc2cccc(C(F)(F)F)c2)c1. The van der Waals surface area contributed by atoms with Gasteiger partial charge < -0.3 is 10.1 Å². The first-order valence-electron chi connectivity index (χ1n) is 6.97. The van der Waals surface area contributed by atoms with Crippen molar-refractivity contribution in [2.24, 2.45) is 0 Å². The van der Waals surface area contributed by atoms with Crippen molar-refractivity contribution in [1.82, 2.24) is 0 Å². The van der Waals surface area contributed by atoms with Gasteiger partial charge in [-0.2, -0.15) is 13.2 Å². The monoisotopic (exact) mass is 323 g/mol. The third-order valence-corrected chi connectivity index (χ3v) is 3.13. The number of aryl methyl sites for hydroxylation is 1. The number of benzene rings is 2. The van der Waals surface area contributed by atoms with Crippen molar-refractivity contribution in [3.8, 4) is 5.75 Å². The van der Waals surface area contributed by atoms with Gasteiger partial charge in [-0.3, -0.25) is 4.79 Å². The zero-order valence-corrected chi connectivity index (χ0v) is 12.6. The molecule has 1 N–H and O–H groups in total. The highest BCUT2D eigenvalue weighted by molar-refractivity contribution is 5.94. The van der Waals surface area contributed by atoms with Gasteiger partial charge in [-0.15, -0.1) is 0 Å². The quantitative estimate of drug-likeness (QED) is 0.904. The summed E-state index contributed by atoms with van der Waals surface area (Å²) in [5.41, 5.74) is 0.236. The van der Waals surface area contributed by atoms with Crippen molar-refractivity contribution in [2.45, 2.75) is 26.1 Å². The van der Waals surface area contributed by atoms with Gasteiger partial charge in [-0.1, -0.05) is 18.2 Å². The highest BCUT2D eigenvalue weighted by Gasteiger charge is 2.30. The summed E-state index contributed by atoms with van der Waals surface area (Å²) in [4.78, 5) is 12.0. The Bertz CT molecular complexity index is 698. The van der Waals surface area contributed by atoms with Crippen molar-refractivity contribution in [1.29, 1.82) is 0 Å². The second kappa shape index (κ2) is 6.73. The van der Waals surface area contributed by atoms with E-state index >= 15 is 0 Å². The van der Waals surface area contributed by atoms with Gasteiger partial charge in [-0.25, -0.2) is 0 Å². The van der Waals surface area contributed by atoms with Crippen LogP contribution in [0.5, 0.6) is 5.75 Å². The number of hydrogen-bond acceptors (Lipinski definition) is 2. The van der Waals surface area contributed by atoms with Crippen LogP contribution in [0.2, 0.25) is 0 Å². The molecule has 2 rings (SSSR count). The lowest BCUT2D eigenvalue weighted by Crippen LogP contribution is -2.30. The molecule has 0 bridgehead atoms. The fourth-order valence-electron chi connectivity index (χ4n) is 1.96. The largest absolute Gasteiger partial charge is 0.481 e. The summed E-state index contributed by atoms with van der Waals surface area (Å²) in [5.74, 6) is 0.00234. The van der Waals surface area contributed by atoms with Gasteiger partial charge in [0.15, 0.2) is 6.10 Å². The summed E-state index contributed by atoms with van der Waals surface area (Å²) in [6.45, 7) is 3.42. The normalized spacial score (nSPS) is 12.6. The van der Waals surface area contributed by atoms with Gasteiger partial charge in [0.1, 0.15) is 5.75 Å². The fourth-order valence-corrected chi connectivity index (χ4v) is 1.96. The number of alkyl halides is 3. The summed E-state index contributed by atoms with van der Waals surface area (Å²) in [7, 11) is 0. The van der Waals surface area contributed by atoms with Crippen molar-refractivity contribution in [2.75, 3.05) is 5.32 Å². The minimum atomic E-state index is -4.45. The molecule has 23 heavy (non-hydrogen) atoms. The van der Waals surface area contributed by atoms with E-state index in [4.69, 9.17) is 4.74 Å². The maximum Gasteiger partial charge on any atom is 0.416 e. The molecular formula is C17H16F3NO2. The number of anilines is 1. The van der Waals surface area contributed by atoms with Crippen LogP contribution in [0, 0.1) is 6.92 Å². The molecule has 0 saturated carbocycles.